The molecule has 1 radical (unpaired) electrons. The predicted molar refractivity (Wildman–Crippen MR) is 74.8 cm³/mol. The van der Waals surface area contributed by atoms with E-state index in [-0.39, 0.29) is 0 Å². The summed E-state index contributed by atoms with van der Waals surface area (Å²) in [6.45, 7) is 2.23. The molecule has 0 saturated heterocycles. The molecule has 0 amide bonds. The first-order valence-electron chi connectivity index (χ1n) is 6.39. The molecule has 0 aromatic heterocycles. The normalized spacial score (nSPS) is 10.4. The first kappa shape index (κ1) is 11.9. The molecule has 0 spiro atoms. The van der Waals surface area contributed by atoms with E-state index in [1.807, 2.05) is 0 Å². The number of unbranched alkanes of at least 4 members (excludes halogenated alkanes) is 2. The fraction of sp³-hybridized carbons (Fsp3) is 0.235. The third kappa shape index (κ3) is 3.20. The first-order valence-corrected chi connectivity index (χ1v) is 6.39. The van der Waals surface area contributed by atoms with Gasteiger partial charge in [-0.05, 0) is 29.5 Å². The molecule has 0 atom stereocenters. The molecule has 0 nitrogen and oxygen atoms in total. The van der Waals surface area contributed by atoms with Gasteiger partial charge in [-0.25, -0.2) is 0 Å². The summed E-state index contributed by atoms with van der Waals surface area (Å²) < 4.78 is 0. The van der Waals surface area contributed by atoms with E-state index < -0.39 is 0 Å². The Bertz CT molecular complexity index is 443. The minimum Gasteiger partial charge on any atom is -0.0654 e. The molecular formula is C17H19. The Balaban J connectivity index is 2.22. The van der Waals surface area contributed by atoms with Gasteiger partial charge in [0.1, 0.15) is 0 Å². The van der Waals surface area contributed by atoms with E-state index in [2.05, 4.69) is 67.9 Å². The molecule has 0 saturated carbocycles. The van der Waals surface area contributed by atoms with Crippen molar-refractivity contribution >= 4 is 0 Å². The molecule has 0 aliphatic carbocycles. The Labute approximate surface area is 104 Å². The van der Waals surface area contributed by atoms with Crippen LogP contribution in [0.3, 0.4) is 0 Å². The van der Waals surface area contributed by atoms with E-state index in [9.17, 15) is 0 Å². The molecule has 0 N–H and O–H groups in total. The zero-order chi connectivity index (χ0) is 11.9. The van der Waals surface area contributed by atoms with Gasteiger partial charge in [-0.15, -0.1) is 0 Å². The lowest BCUT2D eigenvalue weighted by Gasteiger charge is -2.09. The molecule has 0 unspecified atom stereocenters. The van der Waals surface area contributed by atoms with Crippen molar-refractivity contribution in [3.8, 4) is 11.1 Å². The van der Waals surface area contributed by atoms with Crippen molar-refractivity contribution in [3.05, 3.63) is 66.6 Å². The molecule has 0 aliphatic heterocycles. The fourth-order valence-electron chi connectivity index (χ4n) is 2.02. The van der Waals surface area contributed by atoms with Crippen molar-refractivity contribution in [2.45, 2.75) is 26.2 Å². The third-order valence-electron chi connectivity index (χ3n) is 2.97. The lowest BCUT2D eigenvalue weighted by Crippen LogP contribution is -1.88. The summed E-state index contributed by atoms with van der Waals surface area (Å²) in [4.78, 5) is 0. The van der Waals surface area contributed by atoms with Crippen LogP contribution in [0.1, 0.15) is 31.7 Å². The van der Waals surface area contributed by atoms with Crippen LogP contribution in [0.15, 0.2) is 54.6 Å². The largest absolute Gasteiger partial charge is 0.0654 e. The van der Waals surface area contributed by atoms with Gasteiger partial charge in [-0.3, -0.25) is 0 Å². The van der Waals surface area contributed by atoms with Crippen molar-refractivity contribution in [1.29, 1.82) is 0 Å². The van der Waals surface area contributed by atoms with Gasteiger partial charge in [0.2, 0.25) is 0 Å². The summed E-state index contributed by atoms with van der Waals surface area (Å²) in [7, 11) is 0. The zero-order valence-corrected chi connectivity index (χ0v) is 10.4. The highest BCUT2D eigenvalue weighted by Crippen LogP contribution is 2.25. The third-order valence-corrected chi connectivity index (χ3v) is 2.97. The molecule has 0 bridgehead atoms. The standard InChI is InChI=1S/C17H19/c1-2-3-5-10-15-13-8-9-14-17(15)16-11-6-4-7-12-16/h4,6-14H,2-3,5H2,1H3. The molecule has 0 fully saturated rings. The van der Waals surface area contributed by atoms with Crippen LogP contribution >= 0.6 is 0 Å². The van der Waals surface area contributed by atoms with E-state index in [0.29, 0.717) is 0 Å². The van der Waals surface area contributed by atoms with Crippen molar-refractivity contribution in [3.63, 3.8) is 0 Å². The van der Waals surface area contributed by atoms with Gasteiger partial charge in [0.25, 0.3) is 0 Å². The van der Waals surface area contributed by atoms with E-state index in [0.717, 1.165) is 0 Å². The zero-order valence-electron chi connectivity index (χ0n) is 10.4. The summed E-state index contributed by atoms with van der Waals surface area (Å²) in [5, 5.41) is 0. The second-order valence-electron chi connectivity index (χ2n) is 4.30. The molecule has 17 heavy (non-hydrogen) atoms. The smallest absolute Gasteiger partial charge is 0.00867 e. The average Bonchev–Trinajstić information content (AvgIpc) is 2.41. The Hall–Kier alpha value is -1.56. The van der Waals surface area contributed by atoms with Gasteiger partial charge in [-0.2, -0.15) is 0 Å². The van der Waals surface area contributed by atoms with Crippen molar-refractivity contribution in [2.75, 3.05) is 0 Å². The Kier molecular flexibility index (Phi) is 4.37. The van der Waals surface area contributed by atoms with Crippen LogP contribution in [0.5, 0.6) is 0 Å². The number of benzene rings is 2. The summed E-state index contributed by atoms with van der Waals surface area (Å²) in [6, 6.07) is 19.2. The summed E-state index contributed by atoms with van der Waals surface area (Å²) in [6.07, 6.45) is 6.04. The van der Waals surface area contributed by atoms with Gasteiger partial charge < -0.3 is 0 Å². The molecule has 2 rings (SSSR count). The van der Waals surface area contributed by atoms with Crippen LogP contribution in [0.2, 0.25) is 0 Å². The maximum absolute atomic E-state index is 2.35. The highest BCUT2D eigenvalue weighted by atomic mass is 14.1. The number of hydrogen-bond donors (Lipinski definition) is 0. The predicted octanol–water partition coefficient (Wildman–Crippen LogP) is 5.10. The molecule has 0 aliphatic rings. The van der Waals surface area contributed by atoms with Crippen molar-refractivity contribution in [2.24, 2.45) is 0 Å². The highest BCUT2D eigenvalue weighted by molar-refractivity contribution is 5.68. The summed E-state index contributed by atoms with van der Waals surface area (Å²) in [5.74, 6) is 0. The monoisotopic (exact) mass is 223 g/mol. The number of rotatable bonds is 5. The summed E-state index contributed by atoms with van der Waals surface area (Å²) >= 11 is 0. The van der Waals surface area contributed by atoms with Crippen LogP contribution in [0, 0.1) is 6.42 Å². The Morgan fingerprint density at radius 1 is 0.882 bits per heavy atom. The summed E-state index contributed by atoms with van der Waals surface area (Å²) in [5.41, 5.74) is 3.99. The average molecular weight is 223 g/mol. The van der Waals surface area contributed by atoms with Crippen LogP contribution in [0.25, 0.3) is 11.1 Å². The maximum atomic E-state index is 2.35. The van der Waals surface area contributed by atoms with Crippen molar-refractivity contribution < 1.29 is 0 Å². The Morgan fingerprint density at radius 2 is 1.59 bits per heavy atom. The van der Waals surface area contributed by atoms with E-state index in [1.165, 1.54) is 36.0 Å². The minimum absolute atomic E-state index is 1.17. The van der Waals surface area contributed by atoms with E-state index >= 15 is 0 Å². The van der Waals surface area contributed by atoms with Crippen LogP contribution in [0.4, 0.5) is 0 Å². The SMILES string of the molecule is CCCC[CH]c1ccccc1-c1ccccc1. The maximum Gasteiger partial charge on any atom is -0.00867 e. The van der Waals surface area contributed by atoms with Crippen LogP contribution in [-0.4, -0.2) is 0 Å². The van der Waals surface area contributed by atoms with Crippen LogP contribution < -0.4 is 0 Å². The van der Waals surface area contributed by atoms with E-state index in [1.54, 1.807) is 0 Å². The lowest BCUT2D eigenvalue weighted by atomic mass is 9.96. The molecule has 87 valence electrons. The van der Waals surface area contributed by atoms with Crippen molar-refractivity contribution in [1.82, 2.24) is 0 Å². The lowest BCUT2D eigenvalue weighted by molar-refractivity contribution is 0.791. The molecular weight excluding hydrogens is 204 g/mol. The van der Waals surface area contributed by atoms with Crippen LogP contribution in [-0.2, 0) is 0 Å². The second kappa shape index (κ2) is 6.24. The van der Waals surface area contributed by atoms with Gasteiger partial charge >= 0.3 is 0 Å². The molecule has 0 heteroatoms. The first-order chi connectivity index (χ1) is 8.42. The molecule has 2 aromatic carbocycles. The quantitative estimate of drug-likeness (QED) is 0.619. The van der Waals surface area contributed by atoms with Gasteiger partial charge in [-0.1, -0.05) is 74.4 Å². The molecule has 2 aromatic rings. The highest BCUT2D eigenvalue weighted by Gasteiger charge is 2.03. The van der Waals surface area contributed by atoms with Gasteiger partial charge in [0.15, 0.2) is 0 Å². The number of hydrogen-bond acceptors (Lipinski definition) is 0. The van der Waals surface area contributed by atoms with E-state index in [4.69, 9.17) is 0 Å². The minimum atomic E-state index is 1.17. The van der Waals surface area contributed by atoms with Gasteiger partial charge in [0, 0.05) is 0 Å². The second-order valence-corrected chi connectivity index (χ2v) is 4.30. The molecule has 0 heterocycles. The Morgan fingerprint density at radius 3 is 2.35 bits per heavy atom. The van der Waals surface area contributed by atoms with Gasteiger partial charge in [0.05, 0.1) is 0 Å². The topological polar surface area (TPSA) is 0 Å². The fourth-order valence-corrected chi connectivity index (χ4v) is 2.02.